The van der Waals surface area contributed by atoms with Crippen molar-refractivity contribution < 1.29 is 4.92 Å². The summed E-state index contributed by atoms with van der Waals surface area (Å²) in [6, 6.07) is 22.8. The Morgan fingerprint density at radius 2 is 1.61 bits per heavy atom. The smallest absolute Gasteiger partial charge is 0.269 e. The first kappa shape index (κ1) is 20.7. The van der Waals surface area contributed by atoms with Gasteiger partial charge in [0.05, 0.1) is 4.92 Å². The van der Waals surface area contributed by atoms with Crippen LogP contribution in [0.25, 0.3) is 31.7 Å². The molecule has 0 spiro atoms. The molecule has 7 nitrogen and oxygen atoms in total. The van der Waals surface area contributed by atoms with Crippen LogP contribution >= 0.6 is 11.3 Å². The molecule has 0 aliphatic heterocycles. The zero-order valence-electron chi connectivity index (χ0n) is 17.3. The molecule has 0 bridgehead atoms. The molecule has 5 rings (SSSR count). The number of nitro benzene ring substituents is 1. The maximum atomic E-state index is 13.6. The zero-order chi connectivity index (χ0) is 22.9. The van der Waals surface area contributed by atoms with Crippen LogP contribution in [0.4, 0.5) is 5.69 Å². The summed E-state index contributed by atoms with van der Waals surface area (Å²) in [7, 11) is 0. The van der Waals surface area contributed by atoms with Crippen molar-refractivity contribution in [3.8, 4) is 11.4 Å². The number of aromatic nitrogens is 2. The van der Waals surface area contributed by atoms with E-state index in [1.807, 2.05) is 42.5 Å². The maximum Gasteiger partial charge on any atom is 0.269 e. The molecule has 33 heavy (non-hydrogen) atoms. The van der Waals surface area contributed by atoms with Gasteiger partial charge in [-0.15, -0.1) is 11.3 Å². The average molecular weight is 455 g/mol. The molecule has 8 heteroatoms. The van der Waals surface area contributed by atoms with Gasteiger partial charge in [0.2, 0.25) is 5.43 Å². The van der Waals surface area contributed by atoms with E-state index in [1.165, 1.54) is 28.0 Å². The van der Waals surface area contributed by atoms with Gasteiger partial charge >= 0.3 is 0 Å². The first-order chi connectivity index (χ1) is 16.0. The minimum atomic E-state index is -0.474. The fourth-order valence-electron chi connectivity index (χ4n) is 3.83. The van der Waals surface area contributed by atoms with E-state index in [-0.39, 0.29) is 16.5 Å². The first-order valence-corrected chi connectivity index (χ1v) is 11.1. The normalized spacial score (nSPS) is 11.2. The number of non-ortho nitro benzene ring substituents is 1. The van der Waals surface area contributed by atoms with Crippen molar-refractivity contribution in [3.63, 3.8) is 0 Å². The van der Waals surface area contributed by atoms with Gasteiger partial charge in [-0.2, -0.15) is 0 Å². The van der Waals surface area contributed by atoms with Crippen LogP contribution < -0.4 is 11.0 Å². The molecule has 3 aromatic carbocycles. The fraction of sp³-hybridized carbons (Fsp3) is 0.0800. The minimum Gasteiger partial charge on any atom is -0.292 e. The molecular weight excluding hydrogens is 438 g/mol. The molecule has 0 atom stereocenters. The summed E-state index contributed by atoms with van der Waals surface area (Å²) in [4.78, 5) is 42.4. The van der Waals surface area contributed by atoms with Gasteiger partial charge in [-0.05, 0) is 36.2 Å². The summed E-state index contributed by atoms with van der Waals surface area (Å²) in [5.41, 5.74) is 0.827. The summed E-state index contributed by atoms with van der Waals surface area (Å²) < 4.78 is 2.25. The predicted molar refractivity (Wildman–Crippen MR) is 130 cm³/mol. The summed E-state index contributed by atoms with van der Waals surface area (Å²) in [6.07, 6.45) is 0.569. The molecule has 0 amide bonds. The number of hydrogen-bond donors (Lipinski definition) is 0. The summed E-state index contributed by atoms with van der Waals surface area (Å²) in [6.45, 7) is 0.315. The van der Waals surface area contributed by atoms with E-state index in [0.29, 0.717) is 34.6 Å². The van der Waals surface area contributed by atoms with E-state index in [4.69, 9.17) is 4.98 Å². The molecule has 5 aromatic rings. The number of rotatable bonds is 5. The number of aryl methyl sites for hydroxylation is 1. The third kappa shape index (κ3) is 3.81. The molecule has 0 aliphatic rings. The zero-order valence-corrected chi connectivity index (χ0v) is 18.1. The highest BCUT2D eigenvalue weighted by Gasteiger charge is 2.18. The maximum absolute atomic E-state index is 13.6. The van der Waals surface area contributed by atoms with Crippen LogP contribution in [-0.2, 0) is 13.0 Å². The van der Waals surface area contributed by atoms with E-state index >= 15 is 0 Å². The molecule has 2 aromatic heterocycles. The predicted octanol–water partition coefficient (Wildman–Crippen LogP) is 4.79. The van der Waals surface area contributed by atoms with Crippen LogP contribution in [-0.4, -0.2) is 14.5 Å². The molecule has 162 valence electrons. The summed E-state index contributed by atoms with van der Waals surface area (Å²) >= 11 is 1.29. The van der Waals surface area contributed by atoms with Crippen LogP contribution in [0.15, 0.2) is 88.5 Å². The van der Waals surface area contributed by atoms with Gasteiger partial charge in [0.15, 0.2) is 0 Å². The molecule has 0 radical (unpaired) electrons. The first-order valence-electron chi connectivity index (χ1n) is 10.3. The molecule has 0 saturated carbocycles. The SMILES string of the molecule is O=c1c2ccccc2sc2nc(-c3ccc([N+](=O)[O-])cc3)n(CCc3ccccc3)c(=O)c12. The monoisotopic (exact) mass is 455 g/mol. The van der Waals surface area contributed by atoms with E-state index in [0.717, 1.165) is 10.3 Å². The highest BCUT2D eigenvalue weighted by atomic mass is 32.1. The van der Waals surface area contributed by atoms with Crippen LogP contribution in [0.3, 0.4) is 0 Å². The van der Waals surface area contributed by atoms with Crippen molar-refractivity contribution in [2.24, 2.45) is 0 Å². The lowest BCUT2D eigenvalue weighted by Gasteiger charge is -2.14. The molecule has 0 fully saturated rings. The van der Waals surface area contributed by atoms with E-state index in [9.17, 15) is 19.7 Å². The van der Waals surface area contributed by atoms with Gasteiger partial charge in [-0.3, -0.25) is 24.3 Å². The fourth-order valence-corrected chi connectivity index (χ4v) is 4.87. The van der Waals surface area contributed by atoms with Crippen molar-refractivity contribution in [1.82, 2.24) is 9.55 Å². The topological polar surface area (TPSA) is 95.1 Å². The van der Waals surface area contributed by atoms with Crippen LogP contribution in [0.2, 0.25) is 0 Å². The van der Waals surface area contributed by atoms with Gasteiger partial charge < -0.3 is 0 Å². The number of nitro groups is 1. The van der Waals surface area contributed by atoms with E-state index < -0.39 is 10.5 Å². The van der Waals surface area contributed by atoms with E-state index in [2.05, 4.69) is 0 Å². The van der Waals surface area contributed by atoms with Gasteiger partial charge in [0.1, 0.15) is 16.0 Å². The number of benzene rings is 3. The Bertz CT molecular complexity index is 1620. The summed E-state index contributed by atoms with van der Waals surface area (Å²) in [5.74, 6) is 0.379. The van der Waals surface area contributed by atoms with Crippen molar-refractivity contribution in [3.05, 3.63) is 115 Å². The summed E-state index contributed by atoms with van der Waals surface area (Å²) in [5, 5.41) is 11.6. The standard InChI is InChI=1S/C25H17N3O4S/c29-22-19-8-4-5-9-20(19)33-24-21(22)25(30)27(15-14-16-6-2-1-3-7-16)23(26-24)17-10-12-18(13-11-17)28(31)32/h1-13H,14-15H2. The van der Waals surface area contributed by atoms with Crippen molar-refractivity contribution in [2.75, 3.05) is 0 Å². The molecular formula is C25H17N3O4S. The number of hydrogen-bond acceptors (Lipinski definition) is 6. The Morgan fingerprint density at radius 1 is 0.909 bits per heavy atom. The Labute approximate surface area is 191 Å². The van der Waals surface area contributed by atoms with Gasteiger partial charge in [0.25, 0.3) is 11.2 Å². The Kier molecular flexibility index (Phi) is 5.27. The molecule has 0 N–H and O–H groups in total. The Hall–Kier alpha value is -4.17. The quantitative estimate of drug-likeness (QED) is 0.216. The second kappa shape index (κ2) is 8.40. The van der Waals surface area contributed by atoms with Crippen molar-refractivity contribution in [1.29, 1.82) is 0 Å². The lowest BCUT2D eigenvalue weighted by Crippen LogP contribution is -2.28. The van der Waals surface area contributed by atoms with Crippen LogP contribution in [0, 0.1) is 10.1 Å². The lowest BCUT2D eigenvalue weighted by molar-refractivity contribution is -0.384. The average Bonchev–Trinajstić information content (AvgIpc) is 2.84. The third-order valence-corrected chi connectivity index (χ3v) is 6.57. The van der Waals surface area contributed by atoms with Gasteiger partial charge in [-0.1, -0.05) is 42.5 Å². The number of fused-ring (bicyclic) bond motifs is 2. The minimum absolute atomic E-state index is 0.0478. The lowest BCUT2D eigenvalue weighted by atomic mass is 10.1. The highest BCUT2D eigenvalue weighted by molar-refractivity contribution is 7.24. The van der Waals surface area contributed by atoms with Crippen molar-refractivity contribution in [2.45, 2.75) is 13.0 Å². The molecule has 0 saturated heterocycles. The van der Waals surface area contributed by atoms with E-state index in [1.54, 1.807) is 24.3 Å². The molecule has 0 aliphatic carbocycles. The molecule has 2 heterocycles. The van der Waals surface area contributed by atoms with Crippen molar-refractivity contribution >= 4 is 37.3 Å². The second-order valence-corrected chi connectivity index (χ2v) is 8.57. The Morgan fingerprint density at radius 3 is 2.33 bits per heavy atom. The van der Waals surface area contributed by atoms with Gasteiger partial charge in [-0.25, -0.2) is 4.98 Å². The Balaban J connectivity index is 1.75. The largest absolute Gasteiger partial charge is 0.292 e. The van der Waals surface area contributed by atoms with Crippen LogP contribution in [0.1, 0.15) is 5.56 Å². The second-order valence-electron chi connectivity index (χ2n) is 7.54. The van der Waals surface area contributed by atoms with Crippen LogP contribution in [0.5, 0.6) is 0 Å². The highest BCUT2D eigenvalue weighted by Crippen LogP contribution is 2.26. The van der Waals surface area contributed by atoms with Gasteiger partial charge in [0, 0.05) is 34.3 Å². The third-order valence-electron chi connectivity index (χ3n) is 5.50. The molecule has 0 unspecified atom stereocenters. The number of nitrogens with zero attached hydrogens (tertiary/aromatic N) is 3.